The second-order valence-electron chi connectivity index (χ2n) is 2.43. The average Bonchev–Trinajstić information content (AvgIpc) is 2.39. The maximum atomic E-state index is 11.4. The van der Waals surface area contributed by atoms with Crippen molar-refractivity contribution in [2.45, 2.75) is 4.90 Å². The standard InChI is InChI=1S/C7H6N2O2S2/c1-12-7-6-5(3-2-4-8-6)13(10,11)9-7/h2-4H,1H3. The highest BCUT2D eigenvalue weighted by molar-refractivity contribution is 8.14. The van der Waals surface area contributed by atoms with Gasteiger partial charge in [-0.2, -0.15) is 12.8 Å². The Morgan fingerprint density at radius 1 is 1.46 bits per heavy atom. The third-order valence-corrected chi connectivity index (χ3v) is 3.74. The maximum Gasteiger partial charge on any atom is 0.285 e. The largest absolute Gasteiger partial charge is 0.285 e. The maximum absolute atomic E-state index is 11.4. The van der Waals surface area contributed by atoms with E-state index in [-0.39, 0.29) is 4.90 Å². The molecule has 4 nitrogen and oxygen atoms in total. The lowest BCUT2D eigenvalue weighted by atomic mass is 10.4. The Morgan fingerprint density at radius 2 is 2.23 bits per heavy atom. The topological polar surface area (TPSA) is 59.4 Å². The van der Waals surface area contributed by atoms with Crippen LogP contribution in [0.3, 0.4) is 0 Å². The smallest absolute Gasteiger partial charge is 0.253 e. The second-order valence-corrected chi connectivity index (χ2v) is 4.79. The molecule has 1 aliphatic heterocycles. The van der Waals surface area contributed by atoms with E-state index in [0.717, 1.165) is 0 Å². The van der Waals surface area contributed by atoms with Crippen molar-refractivity contribution in [2.75, 3.05) is 6.26 Å². The molecule has 0 fully saturated rings. The van der Waals surface area contributed by atoms with Gasteiger partial charge in [0.05, 0.1) is 0 Å². The van der Waals surface area contributed by atoms with Crippen LogP contribution in [0.25, 0.3) is 0 Å². The fraction of sp³-hybridized carbons (Fsp3) is 0.143. The molecule has 0 saturated carbocycles. The van der Waals surface area contributed by atoms with E-state index < -0.39 is 10.0 Å². The van der Waals surface area contributed by atoms with Gasteiger partial charge in [-0.25, -0.2) is 0 Å². The van der Waals surface area contributed by atoms with Crippen LogP contribution in [-0.4, -0.2) is 24.7 Å². The van der Waals surface area contributed by atoms with Crippen molar-refractivity contribution in [3.8, 4) is 0 Å². The van der Waals surface area contributed by atoms with E-state index in [0.29, 0.717) is 10.7 Å². The summed E-state index contributed by atoms with van der Waals surface area (Å²) in [6.07, 6.45) is 3.34. The molecule has 0 spiro atoms. The van der Waals surface area contributed by atoms with Crippen LogP contribution < -0.4 is 0 Å². The molecular weight excluding hydrogens is 208 g/mol. The molecule has 13 heavy (non-hydrogen) atoms. The van der Waals surface area contributed by atoms with Crippen molar-refractivity contribution >= 4 is 26.8 Å². The van der Waals surface area contributed by atoms with Crippen molar-refractivity contribution < 1.29 is 8.42 Å². The normalized spacial score (nSPS) is 18.1. The van der Waals surface area contributed by atoms with Gasteiger partial charge in [0.1, 0.15) is 15.6 Å². The number of pyridine rings is 1. The van der Waals surface area contributed by atoms with Gasteiger partial charge in [0.25, 0.3) is 10.0 Å². The molecular formula is C7H6N2O2S2. The number of thioether (sulfide) groups is 1. The van der Waals surface area contributed by atoms with Crippen molar-refractivity contribution in [1.29, 1.82) is 0 Å². The van der Waals surface area contributed by atoms with Gasteiger partial charge >= 0.3 is 0 Å². The van der Waals surface area contributed by atoms with E-state index in [4.69, 9.17) is 0 Å². The van der Waals surface area contributed by atoms with Gasteiger partial charge in [-0.05, 0) is 18.4 Å². The monoisotopic (exact) mass is 214 g/mol. The Bertz CT molecular complexity index is 479. The first kappa shape index (κ1) is 8.71. The number of hydrogen-bond donors (Lipinski definition) is 0. The summed E-state index contributed by atoms with van der Waals surface area (Å²) in [5.41, 5.74) is 0.468. The van der Waals surface area contributed by atoms with Crippen LogP contribution in [0.15, 0.2) is 27.6 Å². The van der Waals surface area contributed by atoms with Crippen molar-refractivity contribution in [3.63, 3.8) is 0 Å². The van der Waals surface area contributed by atoms with Gasteiger partial charge in [-0.15, -0.1) is 11.8 Å². The SMILES string of the molecule is CSC1=NS(=O)(=O)c2cccnc21. The van der Waals surface area contributed by atoms with Gasteiger partial charge in [0, 0.05) is 6.20 Å². The lowest BCUT2D eigenvalue weighted by molar-refractivity contribution is 0.599. The van der Waals surface area contributed by atoms with Gasteiger partial charge in [-0.3, -0.25) is 4.98 Å². The second kappa shape index (κ2) is 2.81. The molecule has 0 aliphatic carbocycles. The quantitative estimate of drug-likeness (QED) is 0.643. The highest BCUT2D eigenvalue weighted by atomic mass is 32.2. The molecule has 1 aliphatic rings. The number of nitrogens with zero attached hydrogens (tertiary/aromatic N) is 2. The summed E-state index contributed by atoms with van der Waals surface area (Å²) in [7, 11) is -3.46. The van der Waals surface area contributed by atoms with Crippen LogP contribution >= 0.6 is 11.8 Å². The number of rotatable bonds is 0. The molecule has 1 aromatic heterocycles. The average molecular weight is 214 g/mol. The van der Waals surface area contributed by atoms with Crippen LogP contribution in [-0.2, 0) is 10.0 Å². The Hall–Kier alpha value is -0.880. The van der Waals surface area contributed by atoms with Crippen molar-refractivity contribution in [3.05, 3.63) is 24.0 Å². The predicted octanol–water partition coefficient (Wildman–Crippen LogP) is 0.893. The number of aromatic nitrogens is 1. The summed E-state index contributed by atoms with van der Waals surface area (Å²) < 4.78 is 26.4. The zero-order valence-corrected chi connectivity index (χ0v) is 8.39. The van der Waals surface area contributed by atoms with E-state index in [9.17, 15) is 8.42 Å². The summed E-state index contributed by atoms with van der Waals surface area (Å²) in [6, 6.07) is 3.11. The fourth-order valence-corrected chi connectivity index (χ4v) is 3.16. The Morgan fingerprint density at radius 3 is 2.92 bits per heavy atom. The van der Waals surface area contributed by atoms with Gasteiger partial charge < -0.3 is 0 Å². The van der Waals surface area contributed by atoms with Crippen molar-refractivity contribution in [1.82, 2.24) is 4.98 Å². The summed E-state index contributed by atoms with van der Waals surface area (Å²) in [4.78, 5) is 4.18. The zero-order valence-electron chi connectivity index (χ0n) is 6.76. The molecule has 2 rings (SSSR count). The molecule has 0 amide bonds. The molecule has 0 radical (unpaired) electrons. The molecule has 68 valence electrons. The molecule has 2 heterocycles. The van der Waals surface area contributed by atoms with Crippen molar-refractivity contribution in [2.24, 2.45) is 4.40 Å². The highest BCUT2D eigenvalue weighted by Gasteiger charge is 2.28. The van der Waals surface area contributed by atoms with Crippen LogP contribution in [0.5, 0.6) is 0 Å². The molecule has 0 aromatic carbocycles. The van der Waals surface area contributed by atoms with E-state index in [1.54, 1.807) is 18.5 Å². The number of hydrogen-bond acceptors (Lipinski definition) is 4. The van der Waals surface area contributed by atoms with E-state index in [1.807, 2.05) is 0 Å². The summed E-state index contributed by atoms with van der Waals surface area (Å²) >= 11 is 1.29. The molecule has 0 bridgehead atoms. The molecule has 0 atom stereocenters. The number of sulfonamides is 1. The Labute approximate surface area is 80.2 Å². The molecule has 0 unspecified atom stereocenters. The van der Waals surface area contributed by atoms with Gasteiger partial charge in [0.2, 0.25) is 0 Å². The molecule has 0 saturated heterocycles. The molecule has 1 aromatic rings. The van der Waals surface area contributed by atoms with E-state index in [2.05, 4.69) is 9.38 Å². The lowest BCUT2D eigenvalue weighted by Gasteiger charge is -1.94. The lowest BCUT2D eigenvalue weighted by Crippen LogP contribution is -1.96. The van der Waals surface area contributed by atoms with E-state index in [1.165, 1.54) is 17.8 Å². The predicted molar refractivity (Wildman–Crippen MR) is 51.5 cm³/mol. The number of fused-ring (bicyclic) bond motifs is 1. The minimum Gasteiger partial charge on any atom is -0.253 e. The Balaban J connectivity index is 2.76. The van der Waals surface area contributed by atoms with Crippen LogP contribution in [0.2, 0.25) is 0 Å². The first-order valence-corrected chi connectivity index (χ1v) is 6.16. The first-order chi connectivity index (χ1) is 6.15. The highest BCUT2D eigenvalue weighted by Crippen LogP contribution is 2.27. The summed E-state index contributed by atoms with van der Waals surface area (Å²) in [5, 5.41) is 0.468. The minimum atomic E-state index is -3.46. The third-order valence-electron chi connectivity index (χ3n) is 1.65. The van der Waals surface area contributed by atoms with Crippen LogP contribution in [0.1, 0.15) is 5.69 Å². The fourth-order valence-electron chi connectivity index (χ4n) is 1.09. The first-order valence-electron chi connectivity index (χ1n) is 3.49. The zero-order chi connectivity index (χ0) is 9.47. The van der Waals surface area contributed by atoms with Crippen LogP contribution in [0, 0.1) is 0 Å². The third kappa shape index (κ3) is 1.26. The molecule has 0 N–H and O–H groups in total. The van der Waals surface area contributed by atoms with Crippen LogP contribution in [0.4, 0.5) is 0 Å². The summed E-state index contributed by atoms with van der Waals surface area (Å²) in [6.45, 7) is 0. The van der Waals surface area contributed by atoms with Gasteiger partial charge in [-0.1, -0.05) is 0 Å². The van der Waals surface area contributed by atoms with Gasteiger partial charge in [0.15, 0.2) is 0 Å². The Kier molecular flexibility index (Phi) is 1.88. The minimum absolute atomic E-state index is 0.208. The van der Waals surface area contributed by atoms with E-state index >= 15 is 0 Å². The molecule has 6 heteroatoms. The summed E-state index contributed by atoms with van der Waals surface area (Å²) in [5.74, 6) is 0.